The summed E-state index contributed by atoms with van der Waals surface area (Å²) in [6.07, 6.45) is 0.505. The molecule has 7 heteroatoms. The van der Waals surface area contributed by atoms with Crippen LogP contribution in [0.4, 0.5) is 0 Å². The molecule has 0 radical (unpaired) electrons. The monoisotopic (exact) mass is 334 g/mol. The van der Waals surface area contributed by atoms with Crippen molar-refractivity contribution in [3.8, 4) is 0 Å². The zero-order valence-corrected chi connectivity index (χ0v) is 15.2. The number of sulfone groups is 1. The van der Waals surface area contributed by atoms with Crippen LogP contribution in [0.2, 0.25) is 0 Å². The average Bonchev–Trinajstić information content (AvgIpc) is 2.76. The third kappa shape index (κ3) is 4.16. The maximum absolute atomic E-state index is 12.3. The lowest BCUT2D eigenvalue weighted by atomic mass is 9.93. The van der Waals surface area contributed by atoms with Crippen LogP contribution in [0.3, 0.4) is 0 Å². The van der Waals surface area contributed by atoms with Gasteiger partial charge in [-0.15, -0.1) is 0 Å². The number of carbonyl (C=O) groups is 1. The molecular weight excluding hydrogens is 308 g/mol. The van der Waals surface area contributed by atoms with Crippen molar-refractivity contribution >= 4 is 27.5 Å². The second-order valence-corrected chi connectivity index (χ2v) is 10.4. The van der Waals surface area contributed by atoms with Crippen molar-refractivity contribution in [3.05, 3.63) is 11.1 Å². The van der Waals surface area contributed by atoms with Gasteiger partial charge in [-0.05, 0) is 25.7 Å². The Balaban J connectivity index is 2.72. The van der Waals surface area contributed by atoms with Crippen molar-refractivity contribution in [1.82, 2.24) is 10.6 Å². The van der Waals surface area contributed by atoms with Gasteiger partial charge in [0.05, 0.1) is 5.75 Å². The molecule has 1 amide bonds. The lowest BCUT2D eigenvalue weighted by molar-refractivity contribution is -0.123. The van der Waals surface area contributed by atoms with Gasteiger partial charge in [0, 0.05) is 11.1 Å². The van der Waals surface area contributed by atoms with Gasteiger partial charge in [0.1, 0.15) is 4.75 Å². The van der Waals surface area contributed by atoms with Crippen molar-refractivity contribution < 1.29 is 13.2 Å². The Labute approximate surface area is 132 Å². The van der Waals surface area contributed by atoms with Crippen LogP contribution >= 0.6 is 11.8 Å². The Kier molecular flexibility index (Phi) is 5.42. The first-order chi connectivity index (χ1) is 9.41. The molecule has 0 bridgehead atoms. The van der Waals surface area contributed by atoms with Gasteiger partial charge in [-0.1, -0.05) is 39.5 Å². The molecule has 0 saturated carbocycles. The largest absolute Gasteiger partial charge is 0.359 e. The summed E-state index contributed by atoms with van der Waals surface area (Å²) < 4.78 is 23.0. The van der Waals surface area contributed by atoms with Crippen molar-refractivity contribution in [2.75, 3.05) is 5.75 Å². The molecule has 1 rings (SSSR count). The molecule has 0 aliphatic carbocycles. The fourth-order valence-corrected chi connectivity index (χ4v) is 4.22. The Morgan fingerprint density at radius 2 is 1.90 bits per heavy atom. The molecule has 0 aromatic heterocycles. The number of allylic oxidation sites excluding steroid dienone is 1. The molecule has 0 aromatic rings. The molecule has 1 unspecified atom stereocenters. The third-order valence-corrected chi connectivity index (χ3v) is 7.04. The highest BCUT2D eigenvalue weighted by Gasteiger charge is 2.42. The Morgan fingerprint density at radius 3 is 2.33 bits per heavy atom. The van der Waals surface area contributed by atoms with Crippen LogP contribution in [-0.4, -0.2) is 30.3 Å². The van der Waals surface area contributed by atoms with Gasteiger partial charge in [0.15, 0.2) is 15.3 Å². The van der Waals surface area contributed by atoms with E-state index in [1.165, 1.54) is 25.6 Å². The van der Waals surface area contributed by atoms with E-state index < -0.39 is 20.5 Å². The maximum Gasteiger partial charge on any atom is 0.243 e. The quantitative estimate of drug-likeness (QED) is 0.806. The van der Waals surface area contributed by atoms with E-state index in [1.807, 2.05) is 5.41 Å². The van der Waals surface area contributed by atoms with E-state index in [1.54, 1.807) is 6.92 Å². The van der Waals surface area contributed by atoms with E-state index in [2.05, 4.69) is 31.4 Å². The highest BCUT2D eigenvalue weighted by molar-refractivity contribution is 8.02. The van der Waals surface area contributed by atoms with Gasteiger partial charge in [-0.2, -0.15) is 0 Å². The molecule has 0 aromatic carbocycles. The number of rotatable bonds is 5. The zero-order chi connectivity index (χ0) is 16.5. The summed E-state index contributed by atoms with van der Waals surface area (Å²) in [6, 6.07) is 0. The molecule has 0 spiro atoms. The van der Waals surface area contributed by atoms with E-state index >= 15 is 0 Å². The SMILES string of the molecule is CCCS(=O)(=O)C(C)(C)C(=O)NC1NC(C(C)(C)C)=CS1. The molecule has 0 fully saturated rings. The zero-order valence-electron chi connectivity index (χ0n) is 13.6. The molecule has 5 nitrogen and oxygen atoms in total. The topological polar surface area (TPSA) is 75.3 Å². The van der Waals surface area contributed by atoms with Gasteiger partial charge in [-0.3, -0.25) is 4.79 Å². The van der Waals surface area contributed by atoms with Crippen LogP contribution in [0.15, 0.2) is 11.1 Å². The van der Waals surface area contributed by atoms with Crippen molar-refractivity contribution in [2.24, 2.45) is 5.41 Å². The summed E-state index contributed by atoms with van der Waals surface area (Å²) in [6.45, 7) is 10.9. The second-order valence-electron chi connectivity index (χ2n) is 6.74. The van der Waals surface area contributed by atoms with Crippen LogP contribution in [-0.2, 0) is 14.6 Å². The van der Waals surface area contributed by atoms with Crippen molar-refractivity contribution in [2.45, 2.75) is 58.2 Å². The molecule has 1 heterocycles. The van der Waals surface area contributed by atoms with E-state index in [-0.39, 0.29) is 16.7 Å². The van der Waals surface area contributed by atoms with Gasteiger partial charge in [-0.25, -0.2) is 8.42 Å². The van der Waals surface area contributed by atoms with E-state index in [0.29, 0.717) is 6.42 Å². The minimum Gasteiger partial charge on any atom is -0.359 e. The fraction of sp³-hybridized carbons (Fsp3) is 0.786. The van der Waals surface area contributed by atoms with Gasteiger partial charge >= 0.3 is 0 Å². The summed E-state index contributed by atoms with van der Waals surface area (Å²) in [5.41, 5.74) is 0.686. The molecule has 1 atom stereocenters. The highest BCUT2D eigenvalue weighted by Crippen LogP contribution is 2.32. The lowest BCUT2D eigenvalue weighted by Gasteiger charge is -2.27. The molecule has 1 aliphatic heterocycles. The van der Waals surface area contributed by atoms with Gasteiger partial charge in [0.25, 0.3) is 0 Å². The average molecular weight is 335 g/mol. The lowest BCUT2D eigenvalue weighted by Crippen LogP contribution is -2.53. The smallest absolute Gasteiger partial charge is 0.243 e. The summed E-state index contributed by atoms with van der Waals surface area (Å²) >= 11 is 1.45. The minimum atomic E-state index is -3.46. The Hall–Kier alpha value is -0.690. The number of carbonyl (C=O) groups excluding carboxylic acids is 1. The van der Waals surface area contributed by atoms with Crippen LogP contribution in [0.1, 0.15) is 48.0 Å². The molecule has 1 aliphatic rings. The fourth-order valence-electron chi connectivity index (χ4n) is 1.77. The summed E-state index contributed by atoms with van der Waals surface area (Å²) in [7, 11) is -3.46. The summed E-state index contributed by atoms with van der Waals surface area (Å²) in [5.74, 6) is -0.450. The third-order valence-electron chi connectivity index (χ3n) is 3.48. The molecule has 2 N–H and O–H groups in total. The van der Waals surface area contributed by atoms with Crippen LogP contribution in [0.5, 0.6) is 0 Å². The van der Waals surface area contributed by atoms with Gasteiger partial charge < -0.3 is 10.6 Å². The number of nitrogens with one attached hydrogen (secondary N) is 2. The summed E-state index contributed by atoms with van der Waals surface area (Å²) in [5, 5.41) is 7.95. The number of amides is 1. The number of thioether (sulfide) groups is 1. The van der Waals surface area contributed by atoms with Crippen LogP contribution in [0, 0.1) is 5.41 Å². The first-order valence-electron chi connectivity index (χ1n) is 7.07. The van der Waals surface area contributed by atoms with E-state index in [4.69, 9.17) is 0 Å². The van der Waals surface area contributed by atoms with Crippen molar-refractivity contribution in [3.63, 3.8) is 0 Å². The number of hydrogen-bond acceptors (Lipinski definition) is 5. The molecule has 122 valence electrons. The highest BCUT2D eigenvalue weighted by atomic mass is 32.2. The standard InChI is InChI=1S/C14H26N2O3S2/c1-7-8-21(18,19)14(5,6)11(17)16-12-15-10(9-20-12)13(2,3)4/h9,12,15H,7-8H2,1-6H3,(H,16,17). The second kappa shape index (κ2) is 6.20. The van der Waals surface area contributed by atoms with Crippen molar-refractivity contribution in [1.29, 1.82) is 0 Å². The van der Waals surface area contributed by atoms with Crippen LogP contribution < -0.4 is 10.6 Å². The first-order valence-corrected chi connectivity index (χ1v) is 9.67. The van der Waals surface area contributed by atoms with E-state index in [9.17, 15) is 13.2 Å². The molecule has 21 heavy (non-hydrogen) atoms. The predicted octanol–water partition coefficient (Wildman–Crippen LogP) is 2.21. The minimum absolute atomic E-state index is 0.0180. The molecule has 0 saturated heterocycles. The normalized spacial score (nSPS) is 19.9. The predicted molar refractivity (Wildman–Crippen MR) is 88.4 cm³/mol. The van der Waals surface area contributed by atoms with E-state index in [0.717, 1.165) is 5.70 Å². The van der Waals surface area contributed by atoms with Crippen LogP contribution in [0.25, 0.3) is 0 Å². The Bertz CT molecular complexity index is 531. The number of hydrogen-bond donors (Lipinski definition) is 2. The summed E-state index contributed by atoms with van der Waals surface area (Å²) in [4.78, 5) is 12.3. The maximum atomic E-state index is 12.3. The van der Waals surface area contributed by atoms with Gasteiger partial charge in [0.2, 0.25) is 5.91 Å². The molecular formula is C14H26N2O3S2. The first kappa shape index (κ1) is 18.4. The Morgan fingerprint density at radius 1 is 1.33 bits per heavy atom.